The molecule has 0 radical (unpaired) electrons. The molecule has 0 fully saturated rings. The van der Waals surface area contributed by atoms with Crippen LogP contribution in [-0.4, -0.2) is 83.4 Å². The molecule has 17 heteroatoms. The Hall–Kier alpha value is -5.71. The molecule has 0 saturated carbocycles. The Morgan fingerprint density at radius 1 is 1.02 bits per heavy atom. The Bertz CT molecular complexity index is 1900. The van der Waals surface area contributed by atoms with E-state index >= 15 is 0 Å². The number of para-hydroxylation sites is 1. The Morgan fingerprint density at radius 2 is 1.77 bits per heavy atom. The molecule has 48 heavy (non-hydrogen) atoms. The number of carbonyl (C=O) groups excluding carboxylic acids is 1. The maximum Gasteiger partial charge on any atom is 0.510 e. The van der Waals surface area contributed by atoms with Crippen molar-refractivity contribution in [3.63, 3.8) is 0 Å². The van der Waals surface area contributed by atoms with Crippen LogP contribution in [0.4, 0.5) is 4.79 Å². The van der Waals surface area contributed by atoms with E-state index in [0.29, 0.717) is 53.1 Å². The van der Waals surface area contributed by atoms with Crippen LogP contribution in [0.25, 0.3) is 33.5 Å². The number of nitrogens with zero attached hydrogens (tertiary/aromatic N) is 7. The van der Waals surface area contributed by atoms with Gasteiger partial charge in [0.25, 0.3) is 11.1 Å². The van der Waals surface area contributed by atoms with Gasteiger partial charge in [-0.2, -0.15) is 16.7 Å². The van der Waals surface area contributed by atoms with Crippen molar-refractivity contribution < 1.29 is 38.8 Å². The van der Waals surface area contributed by atoms with E-state index in [1.807, 2.05) is 55.5 Å². The Morgan fingerprint density at radius 3 is 2.50 bits per heavy atom. The minimum atomic E-state index is -1.05. The quantitative estimate of drug-likeness (QED) is 0.0625. The first kappa shape index (κ1) is 33.6. The zero-order valence-electron chi connectivity index (χ0n) is 25.9. The molecule has 16 nitrogen and oxygen atoms in total. The van der Waals surface area contributed by atoms with Gasteiger partial charge in [-0.3, -0.25) is 4.57 Å². The lowest BCUT2D eigenvalue weighted by atomic mass is 9.98. The number of carboxylic acids is 1. The van der Waals surface area contributed by atoms with Gasteiger partial charge in [0, 0.05) is 17.1 Å². The fraction of sp³-hybridized carbons (Fsp3) is 0.290. The zero-order valence-corrected chi connectivity index (χ0v) is 26.7. The molecule has 2 heterocycles. The number of ether oxygens (including phenoxy) is 3. The number of imidazole rings is 1. The number of carboxylic acid groups (broad SMARTS) is 1. The van der Waals surface area contributed by atoms with Gasteiger partial charge >= 0.3 is 12.1 Å². The van der Waals surface area contributed by atoms with E-state index in [2.05, 4.69) is 25.2 Å². The summed E-state index contributed by atoms with van der Waals surface area (Å²) in [7, 11) is 0. The molecule has 2 aromatic heterocycles. The van der Waals surface area contributed by atoms with Gasteiger partial charge in [-0.25, -0.2) is 9.59 Å². The third kappa shape index (κ3) is 8.16. The number of benzene rings is 3. The Labute approximate surface area is 277 Å². The molecule has 0 amide bonds. The minimum absolute atomic E-state index is 0.0485. The molecule has 0 bridgehead atoms. The molecule has 0 aliphatic rings. The summed E-state index contributed by atoms with van der Waals surface area (Å²) < 4.78 is 17.8. The number of carbonyl (C=O) groups is 2. The van der Waals surface area contributed by atoms with Crippen LogP contribution in [0.1, 0.15) is 36.0 Å². The molecule has 1 N–H and O–H groups in total. The summed E-state index contributed by atoms with van der Waals surface area (Å²) in [4.78, 5) is 44.1. The van der Waals surface area contributed by atoms with Gasteiger partial charge in [-0.05, 0) is 47.9 Å². The van der Waals surface area contributed by atoms with Crippen LogP contribution in [0.5, 0.6) is 6.01 Å². The topological polar surface area (TPSA) is 196 Å². The summed E-state index contributed by atoms with van der Waals surface area (Å²) in [5.74, 6) is 0.0591. The molecule has 0 aliphatic carbocycles. The second-order valence-corrected chi connectivity index (χ2v) is 11.3. The van der Waals surface area contributed by atoms with Crippen LogP contribution in [0.3, 0.4) is 0 Å². The van der Waals surface area contributed by atoms with Crippen LogP contribution in [-0.2, 0) is 20.9 Å². The third-order valence-corrected chi connectivity index (χ3v) is 7.81. The number of tetrazole rings is 1. The molecule has 5 rings (SSSR count). The highest BCUT2D eigenvalue weighted by Crippen LogP contribution is 2.31. The summed E-state index contributed by atoms with van der Waals surface area (Å²) in [5.41, 5.74) is 4.50. The first-order chi connectivity index (χ1) is 23.2. The SMILES string of the molecule is CCOc1nc2cccc(C(=O)O)c2n1Cc1ccc(-c2ccccc2-c2nnn(C(C)OC(=O)OCCSCCO[N+](=O)[O-])n2)cc1. The average Bonchev–Trinajstić information content (AvgIpc) is 3.70. The average molecular weight is 678 g/mol. The van der Waals surface area contributed by atoms with Crippen molar-refractivity contribution in [3.05, 3.63) is 88.0 Å². The van der Waals surface area contributed by atoms with E-state index in [9.17, 15) is 24.8 Å². The van der Waals surface area contributed by atoms with Crippen molar-refractivity contribution in [2.75, 3.05) is 31.3 Å². The van der Waals surface area contributed by atoms with Crippen molar-refractivity contribution in [1.29, 1.82) is 0 Å². The van der Waals surface area contributed by atoms with Gasteiger partial charge in [0.1, 0.15) is 13.2 Å². The van der Waals surface area contributed by atoms with Gasteiger partial charge in [0.15, 0.2) is 0 Å². The molecule has 0 saturated heterocycles. The Balaban J connectivity index is 1.26. The fourth-order valence-electron chi connectivity index (χ4n) is 4.79. The van der Waals surface area contributed by atoms with Crippen molar-refractivity contribution >= 4 is 34.9 Å². The van der Waals surface area contributed by atoms with Gasteiger partial charge < -0.3 is 24.2 Å². The van der Waals surface area contributed by atoms with Crippen LogP contribution < -0.4 is 4.74 Å². The predicted octanol–water partition coefficient (Wildman–Crippen LogP) is 5.12. The summed E-state index contributed by atoms with van der Waals surface area (Å²) in [6.45, 7) is 4.13. The monoisotopic (exact) mass is 677 g/mol. The summed E-state index contributed by atoms with van der Waals surface area (Å²) in [5, 5.41) is 31.7. The maximum absolute atomic E-state index is 12.1. The zero-order chi connectivity index (χ0) is 34.0. The third-order valence-electron chi connectivity index (χ3n) is 6.90. The largest absolute Gasteiger partial charge is 0.510 e. The normalized spacial score (nSPS) is 11.6. The molecule has 1 atom stereocenters. The first-order valence-corrected chi connectivity index (χ1v) is 15.9. The molecule has 1 unspecified atom stereocenters. The fourth-order valence-corrected chi connectivity index (χ4v) is 5.39. The summed E-state index contributed by atoms with van der Waals surface area (Å²) >= 11 is 1.33. The smallest absolute Gasteiger partial charge is 0.478 e. The molecule has 250 valence electrons. The van der Waals surface area contributed by atoms with Crippen molar-refractivity contribution in [1.82, 2.24) is 29.8 Å². The molecule has 3 aromatic carbocycles. The van der Waals surface area contributed by atoms with Crippen LogP contribution in [0, 0.1) is 10.1 Å². The number of rotatable bonds is 16. The lowest BCUT2D eigenvalue weighted by molar-refractivity contribution is -0.756. The van der Waals surface area contributed by atoms with Gasteiger partial charge in [0.05, 0.1) is 29.7 Å². The van der Waals surface area contributed by atoms with Gasteiger partial charge in [-0.15, -0.1) is 25.1 Å². The summed E-state index contributed by atoms with van der Waals surface area (Å²) in [6, 6.07) is 20.6. The molecule has 0 spiro atoms. The van der Waals surface area contributed by atoms with E-state index in [4.69, 9.17) is 14.2 Å². The summed E-state index contributed by atoms with van der Waals surface area (Å²) in [6.07, 6.45) is -1.82. The standard InChI is InChI=1S/C31H31N7O9S/c1-3-44-30-32-26-10-6-9-25(29(39)40)27(26)36(30)19-21-11-13-22(14-12-21)23-7-4-5-8-24(23)28-33-35-37(34-28)20(2)47-31(41)45-15-17-48-18-16-46-38(42)43/h4-14,20H,3,15-19H2,1-2H3,(H,39,40). The molecular formula is C31H31N7O9S. The number of thioether (sulfide) groups is 1. The van der Waals surface area contributed by atoms with Crippen LogP contribution >= 0.6 is 11.8 Å². The molecule has 5 aromatic rings. The first-order valence-electron chi connectivity index (χ1n) is 14.8. The van der Waals surface area contributed by atoms with Crippen molar-refractivity contribution in [2.45, 2.75) is 26.6 Å². The Kier molecular flexibility index (Phi) is 11.0. The number of hydrogen-bond donors (Lipinski definition) is 1. The number of fused-ring (bicyclic) bond motifs is 1. The van der Waals surface area contributed by atoms with Gasteiger partial charge in [0.2, 0.25) is 12.1 Å². The highest BCUT2D eigenvalue weighted by molar-refractivity contribution is 7.99. The highest BCUT2D eigenvalue weighted by Gasteiger charge is 2.20. The number of aromatic nitrogens is 6. The van der Waals surface area contributed by atoms with Crippen LogP contribution in [0.2, 0.25) is 0 Å². The predicted molar refractivity (Wildman–Crippen MR) is 173 cm³/mol. The van der Waals surface area contributed by atoms with Crippen molar-refractivity contribution in [3.8, 4) is 28.5 Å². The van der Waals surface area contributed by atoms with Crippen molar-refractivity contribution in [2.24, 2.45) is 0 Å². The maximum atomic E-state index is 12.1. The van der Waals surface area contributed by atoms with E-state index < -0.39 is 23.4 Å². The lowest BCUT2D eigenvalue weighted by Crippen LogP contribution is -2.19. The van der Waals surface area contributed by atoms with E-state index in [1.54, 1.807) is 29.7 Å². The molecule has 0 aliphatic heterocycles. The second-order valence-electron chi connectivity index (χ2n) is 10.1. The van der Waals surface area contributed by atoms with E-state index in [0.717, 1.165) is 21.5 Å². The lowest BCUT2D eigenvalue weighted by Gasteiger charge is -2.12. The van der Waals surface area contributed by atoms with E-state index in [1.165, 1.54) is 11.8 Å². The van der Waals surface area contributed by atoms with Gasteiger partial charge in [-0.1, -0.05) is 54.6 Å². The number of hydrogen-bond acceptors (Lipinski definition) is 13. The highest BCUT2D eigenvalue weighted by atomic mass is 32.2. The van der Waals surface area contributed by atoms with E-state index in [-0.39, 0.29) is 18.8 Å². The van der Waals surface area contributed by atoms with Crippen LogP contribution in [0.15, 0.2) is 66.7 Å². The molecular weight excluding hydrogens is 646 g/mol. The second kappa shape index (κ2) is 15.7. The number of aromatic carboxylic acids is 1. The minimum Gasteiger partial charge on any atom is -0.478 e.